The van der Waals surface area contributed by atoms with E-state index in [0.717, 1.165) is 0 Å². The van der Waals surface area contributed by atoms with E-state index in [2.05, 4.69) is 6.92 Å². The fraction of sp³-hybridized carbons (Fsp3) is 1.00. The van der Waals surface area contributed by atoms with E-state index >= 15 is 0 Å². The van der Waals surface area contributed by atoms with Crippen molar-refractivity contribution in [1.29, 1.82) is 0 Å². The van der Waals surface area contributed by atoms with Crippen LogP contribution in [0.25, 0.3) is 0 Å². The van der Waals surface area contributed by atoms with Gasteiger partial charge in [0.2, 0.25) is 7.42 Å². The summed E-state index contributed by atoms with van der Waals surface area (Å²) in [6.45, 7) is 2.28. The predicted molar refractivity (Wildman–Crippen MR) is 87.2 cm³/mol. The normalized spacial score (nSPS) is 19.3. The Hall–Kier alpha value is 0.797. The highest BCUT2D eigenvalue weighted by molar-refractivity contribution is 7.35. The van der Waals surface area contributed by atoms with E-state index in [1.54, 1.807) is 0 Å². The van der Waals surface area contributed by atoms with Crippen molar-refractivity contribution in [2.24, 2.45) is 0 Å². The van der Waals surface area contributed by atoms with E-state index in [1.807, 2.05) is 0 Å². The highest BCUT2D eigenvalue weighted by Gasteiger charge is 2.38. The number of rotatable bonds is 9. The van der Waals surface area contributed by atoms with Crippen LogP contribution in [0.5, 0.6) is 0 Å². The van der Waals surface area contributed by atoms with Crippen LogP contribution in [0.4, 0.5) is 0 Å². The summed E-state index contributed by atoms with van der Waals surface area (Å²) in [6, 6.07) is 0. The molecule has 3 heteroatoms. The van der Waals surface area contributed by atoms with E-state index in [4.69, 9.17) is 22.2 Å². The Bertz CT molecular complexity index is 201. The summed E-state index contributed by atoms with van der Waals surface area (Å²) in [7, 11) is -1.51. The average molecular weight is 309 g/mol. The molecule has 1 rings (SSSR count). The lowest BCUT2D eigenvalue weighted by Crippen LogP contribution is -2.27. The maximum atomic E-state index is 6.40. The summed E-state index contributed by atoms with van der Waals surface area (Å²) in [4.78, 5) is 0. The molecule has 0 aromatic heterocycles. The minimum absolute atomic E-state index is 0.394. The molecule has 1 fully saturated rings. The molecule has 0 nitrogen and oxygen atoms in total. The molecular formula is C15H30Cl2Si. The standard InChI is InChI=1S/C15H30Cl2Si/c1-2-3-4-5-6-7-9-12-15(18(16)17)13-10-8-11-14-15/h18H,2-14H2,1H3. The zero-order valence-corrected chi connectivity index (χ0v) is 14.7. The van der Waals surface area contributed by atoms with Crippen LogP contribution in [-0.4, -0.2) is 7.42 Å². The molecule has 0 spiro atoms. The Morgan fingerprint density at radius 3 is 1.94 bits per heavy atom. The maximum absolute atomic E-state index is 6.40. The molecule has 1 saturated carbocycles. The molecule has 0 bridgehead atoms. The number of halogens is 2. The largest absolute Gasteiger partial charge is 0.243 e. The lowest BCUT2D eigenvalue weighted by molar-refractivity contribution is 0.344. The molecule has 1 aliphatic rings. The van der Waals surface area contributed by atoms with Gasteiger partial charge in [-0.1, -0.05) is 71.1 Å². The van der Waals surface area contributed by atoms with E-state index in [0.29, 0.717) is 5.04 Å². The second-order valence-electron chi connectivity index (χ2n) is 6.10. The quantitative estimate of drug-likeness (QED) is 0.258. The van der Waals surface area contributed by atoms with Gasteiger partial charge in [0.05, 0.1) is 0 Å². The fourth-order valence-corrected chi connectivity index (χ4v) is 6.50. The van der Waals surface area contributed by atoms with Gasteiger partial charge in [0, 0.05) is 0 Å². The Balaban J connectivity index is 2.14. The second-order valence-corrected chi connectivity index (χ2v) is 11.2. The first-order chi connectivity index (χ1) is 8.71. The van der Waals surface area contributed by atoms with Gasteiger partial charge in [0.15, 0.2) is 0 Å². The van der Waals surface area contributed by atoms with Crippen LogP contribution in [0.2, 0.25) is 5.04 Å². The zero-order valence-electron chi connectivity index (χ0n) is 12.0. The van der Waals surface area contributed by atoms with E-state index in [9.17, 15) is 0 Å². The summed E-state index contributed by atoms with van der Waals surface area (Å²) < 4.78 is 0. The molecule has 0 aliphatic heterocycles. The smallest absolute Gasteiger partial charge is 0.150 e. The molecule has 0 aromatic rings. The first kappa shape index (κ1) is 16.9. The molecule has 0 saturated heterocycles. The van der Waals surface area contributed by atoms with E-state index in [1.165, 1.54) is 83.5 Å². The molecule has 0 atom stereocenters. The minimum atomic E-state index is -1.51. The Kier molecular flexibility index (Phi) is 9.04. The highest BCUT2D eigenvalue weighted by Crippen LogP contribution is 2.51. The molecule has 0 unspecified atom stereocenters. The Morgan fingerprint density at radius 2 is 1.39 bits per heavy atom. The highest BCUT2D eigenvalue weighted by atomic mass is 35.7. The van der Waals surface area contributed by atoms with Crippen molar-refractivity contribution in [1.82, 2.24) is 0 Å². The third-order valence-electron chi connectivity index (χ3n) is 4.59. The van der Waals surface area contributed by atoms with Crippen LogP contribution in [-0.2, 0) is 0 Å². The van der Waals surface area contributed by atoms with Crippen molar-refractivity contribution < 1.29 is 0 Å². The second kappa shape index (κ2) is 9.66. The number of hydrogen-bond acceptors (Lipinski definition) is 0. The van der Waals surface area contributed by atoms with Crippen LogP contribution < -0.4 is 0 Å². The van der Waals surface area contributed by atoms with Gasteiger partial charge in [-0.3, -0.25) is 0 Å². The molecule has 0 N–H and O–H groups in total. The zero-order chi connectivity index (χ0) is 13.3. The summed E-state index contributed by atoms with van der Waals surface area (Å²) in [5.74, 6) is 0. The average Bonchev–Trinajstić information content (AvgIpc) is 2.38. The third-order valence-corrected chi connectivity index (χ3v) is 9.16. The molecule has 108 valence electrons. The van der Waals surface area contributed by atoms with Crippen molar-refractivity contribution in [3.63, 3.8) is 0 Å². The Morgan fingerprint density at radius 1 is 0.833 bits per heavy atom. The molecule has 18 heavy (non-hydrogen) atoms. The van der Waals surface area contributed by atoms with Crippen molar-refractivity contribution in [2.45, 2.75) is 95.4 Å². The Labute approximate surface area is 125 Å². The van der Waals surface area contributed by atoms with Crippen LogP contribution in [0.1, 0.15) is 90.4 Å². The lowest BCUT2D eigenvalue weighted by atomic mass is 9.84. The maximum Gasteiger partial charge on any atom is 0.243 e. The number of unbranched alkanes of at least 4 members (excludes halogenated alkanes) is 6. The van der Waals surface area contributed by atoms with Crippen molar-refractivity contribution in [2.75, 3.05) is 0 Å². The summed E-state index contributed by atoms with van der Waals surface area (Å²) in [5, 5.41) is 0.394. The molecule has 1 aliphatic carbocycles. The van der Waals surface area contributed by atoms with Crippen molar-refractivity contribution >= 4 is 29.6 Å². The van der Waals surface area contributed by atoms with Gasteiger partial charge in [0.25, 0.3) is 0 Å². The van der Waals surface area contributed by atoms with Crippen molar-refractivity contribution in [3.8, 4) is 0 Å². The van der Waals surface area contributed by atoms with E-state index in [-0.39, 0.29) is 0 Å². The third kappa shape index (κ3) is 5.84. The summed E-state index contributed by atoms with van der Waals surface area (Å²) in [5.41, 5.74) is 0. The molecular weight excluding hydrogens is 279 g/mol. The molecule has 0 heterocycles. The molecule has 0 amide bonds. The van der Waals surface area contributed by atoms with E-state index < -0.39 is 7.42 Å². The molecule has 0 aromatic carbocycles. The van der Waals surface area contributed by atoms with Crippen LogP contribution in [0.3, 0.4) is 0 Å². The fourth-order valence-electron chi connectivity index (χ4n) is 3.27. The van der Waals surface area contributed by atoms with Gasteiger partial charge >= 0.3 is 0 Å². The summed E-state index contributed by atoms with van der Waals surface area (Å²) in [6.07, 6.45) is 17.8. The SMILES string of the molecule is CCCCCCCCCC1([SiH](Cl)Cl)CCCCC1. The van der Waals surface area contributed by atoms with Crippen LogP contribution in [0.15, 0.2) is 0 Å². The van der Waals surface area contributed by atoms with Gasteiger partial charge in [-0.05, 0) is 24.3 Å². The van der Waals surface area contributed by atoms with Crippen molar-refractivity contribution in [3.05, 3.63) is 0 Å². The lowest BCUT2D eigenvalue weighted by Gasteiger charge is -2.37. The first-order valence-electron chi connectivity index (χ1n) is 7.99. The monoisotopic (exact) mass is 308 g/mol. The van der Waals surface area contributed by atoms with Gasteiger partial charge in [0.1, 0.15) is 0 Å². The predicted octanol–water partition coefficient (Wildman–Crippen LogP) is 6.53. The van der Waals surface area contributed by atoms with Crippen LogP contribution >= 0.6 is 22.2 Å². The first-order valence-corrected chi connectivity index (χ1v) is 12.1. The topological polar surface area (TPSA) is 0 Å². The number of hydrogen-bond donors (Lipinski definition) is 0. The summed E-state index contributed by atoms with van der Waals surface area (Å²) >= 11 is 12.8. The van der Waals surface area contributed by atoms with Gasteiger partial charge < -0.3 is 0 Å². The van der Waals surface area contributed by atoms with Gasteiger partial charge in [-0.2, -0.15) is 0 Å². The minimum Gasteiger partial charge on any atom is -0.150 e. The van der Waals surface area contributed by atoms with Gasteiger partial charge in [-0.15, -0.1) is 22.2 Å². The van der Waals surface area contributed by atoms with Crippen LogP contribution in [0, 0.1) is 0 Å². The van der Waals surface area contributed by atoms with Gasteiger partial charge in [-0.25, -0.2) is 0 Å². The molecule has 0 radical (unpaired) electrons.